The Kier molecular flexibility index (Phi) is 88.1. The van der Waals surface area contributed by atoms with Gasteiger partial charge in [-0.05, 0) is 12.8 Å². The van der Waals surface area contributed by atoms with Crippen LogP contribution in [0.25, 0.3) is 0 Å². The van der Waals surface area contributed by atoms with E-state index < -0.39 is 0 Å². The summed E-state index contributed by atoms with van der Waals surface area (Å²) in [7, 11) is 3.21. The number of carbonyl (C=O) groups is 2. The number of hydrogen-bond donors (Lipinski definition) is 0. The molecule has 0 spiro atoms. The summed E-state index contributed by atoms with van der Waals surface area (Å²) in [6, 6.07) is 0. The number of methoxy groups -OCH3 is 2. The zero-order valence-corrected chi connectivity index (χ0v) is 38.3. The molecular formula is C32H68O6S4Sn2. The van der Waals surface area contributed by atoms with Gasteiger partial charge in [-0.3, -0.25) is 9.59 Å². The molecule has 0 aliphatic heterocycles. The van der Waals surface area contributed by atoms with Gasteiger partial charge in [0.15, 0.2) is 0 Å². The number of ether oxygens (including phenoxy) is 4. The molecule has 0 aromatic rings. The van der Waals surface area contributed by atoms with Crippen molar-refractivity contribution in [3.05, 3.63) is 13.8 Å². The zero-order valence-electron chi connectivity index (χ0n) is 29.0. The van der Waals surface area contributed by atoms with Gasteiger partial charge in [0, 0.05) is 51.0 Å². The van der Waals surface area contributed by atoms with Crippen LogP contribution < -0.4 is 0 Å². The van der Waals surface area contributed by atoms with Gasteiger partial charge >= 0.3 is 35.8 Å². The van der Waals surface area contributed by atoms with E-state index >= 15 is 0 Å². The Balaban J connectivity index is -0.0000000646. The molecule has 6 nitrogen and oxygen atoms in total. The van der Waals surface area contributed by atoms with Crippen molar-refractivity contribution in [1.29, 1.82) is 0 Å². The summed E-state index contributed by atoms with van der Waals surface area (Å²) in [5.41, 5.74) is 0. The molecule has 0 rings (SSSR count). The Morgan fingerprint density at radius 1 is 0.614 bits per heavy atom. The van der Waals surface area contributed by atoms with Gasteiger partial charge in [0.05, 0.1) is 12.2 Å². The van der Waals surface area contributed by atoms with E-state index in [1.165, 1.54) is 64.2 Å². The van der Waals surface area contributed by atoms with E-state index in [2.05, 4.69) is 53.0 Å². The molecule has 44 heavy (non-hydrogen) atoms. The molecule has 0 amide bonds. The van der Waals surface area contributed by atoms with E-state index in [1.807, 2.05) is 13.8 Å². The third-order valence-corrected chi connectivity index (χ3v) is 6.17. The van der Waals surface area contributed by atoms with Crippen molar-refractivity contribution < 1.29 is 28.5 Å². The summed E-state index contributed by atoms with van der Waals surface area (Å²) in [4.78, 5) is 21.7. The van der Waals surface area contributed by atoms with Gasteiger partial charge in [-0.15, -0.1) is 0 Å². The molecule has 8 radical (unpaired) electrons. The number of esters is 2. The van der Waals surface area contributed by atoms with Crippen molar-refractivity contribution >= 4 is 112 Å². The molecule has 0 aliphatic rings. The average Bonchev–Trinajstić information content (AvgIpc) is 2.96. The van der Waals surface area contributed by atoms with E-state index in [1.54, 1.807) is 14.2 Å². The number of unbranched alkanes of at least 4 members (excludes halogenated alkanes) is 10. The first-order chi connectivity index (χ1) is 19.3. The summed E-state index contributed by atoms with van der Waals surface area (Å²) < 4.78 is 19.8. The Morgan fingerprint density at radius 2 is 0.909 bits per heavy atom. The quantitative estimate of drug-likeness (QED) is 0.0477. The van der Waals surface area contributed by atoms with Gasteiger partial charge in [-0.2, -0.15) is 38.5 Å². The second kappa shape index (κ2) is 60.2. The summed E-state index contributed by atoms with van der Waals surface area (Å²) in [5.74, 6) is 0.367. The van der Waals surface area contributed by atoms with Crippen molar-refractivity contribution in [2.75, 3.05) is 38.9 Å². The molecule has 2 unspecified atom stereocenters. The van der Waals surface area contributed by atoms with Crippen LogP contribution in [0.2, 0.25) is 0 Å². The van der Waals surface area contributed by atoms with Gasteiger partial charge in [0.1, 0.15) is 13.2 Å². The van der Waals surface area contributed by atoms with Crippen molar-refractivity contribution in [3.63, 3.8) is 0 Å². The van der Waals surface area contributed by atoms with Crippen LogP contribution in [0.3, 0.4) is 0 Å². The molecule has 0 bridgehead atoms. The first-order valence-electron chi connectivity index (χ1n) is 15.4. The third-order valence-electron chi connectivity index (χ3n) is 5.76. The van der Waals surface area contributed by atoms with Crippen LogP contribution in [0.15, 0.2) is 0 Å². The van der Waals surface area contributed by atoms with Crippen LogP contribution in [0.1, 0.15) is 130 Å². The summed E-state index contributed by atoms with van der Waals surface area (Å²) in [6.07, 6.45) is 18.3. The minimum atomic E-state index is -0.236. The minimum absolute atomic E-state index is 0. The summed E-state index contributed by atoms with van der Waals surface area (Å²) in [5, 5.41) is 0. The van der Waals surface area contributed by atoms with Crippen molar-refractivity contribution in [3.8, 4) is 0 Å². The molecule has 0 heterocycles. The van der Waals surface area contributed by atoms with Gasteiger partial charge in [0.2, 0.25) is 0 Å². The van der Waals surface area contributed by atoms with Crippen LogP contribution in [0, 0.1) is 13.8 Å². The third kappa shape index (κ3) is 62.7. The van der Waals surface area contributed by atoms with Gasteiger partial charge in [-0.1, -0.05) is 119 Å². The average molecular weight is 915 g/mol. The largest absolute Gasteiger partial charge is 2.00 e. The van der Waals surface area contributed by atoms with Crippen LogP contribution in [0.5, 0.6) is 0 Å². The van der Waals surface area contributed by atoms with E-state index in [0.29, 0.717) is 37.6 Å². The molecule has 0 aliphatic carbocycles. The molecular weight excluding hydrogens is 846 g/mol. The van der Waals surface area contributed by atoms with Crippen molar-refractivity contribution in [2.45, 2.75) is 143 Å². The number of hydrogen-bond acceptors (Lipinski definition) is 8. The fourth-order valence-corrected chi connectivity index (χ4v) is 3.28. The minimum Gasteiger partial charge on any atom is -0.792 e. The molecule has 0 saturated heterocycles. The Hall–Kier alpha value is 1.86. The predicted molar refractivity (Wildman–Crippen MR) is 208 cm³/mol. The number of rotatable bonds is 22. The Bertz CT molecular complexity index is 438. The number of carbonyl (C=O) groups excluding carboxylic acids is 2. The van der Waals surface area contributed by atoms with E-state index in [0.717, 1.165) is 25.7 Å². The van der Waals surface area contributed by atoms with E-state index in [9.17, 15) is 9.59 Å². The summed E-state index contributed by atoms with van der Waals surface area (Å²) >= 11 is 9.27. The molecule has 0 aromatic carbocycles. The van der Waals surface area contributed by atoms with Crippen LogP contribution in [-0.2, 0) is 53.8 Å². The van der Waals surface area contributed by atoms with E-state index in [-0.39, 0.29) is 99.0 Å². The van der Waals surface area contributed by atoms with E-state index in [4.69, 9.17) is 18.9 Å². The first-order valence-corrected chi connectivity index (χ1v) is 16.6. The van der Waals surface area contributed by atoms with Crippen molar-refractivity contribution in [2.24, 2.45) is 0 Å². The van der Waals surface area contributed by atoms with Gasteiger partial charge in [0.25, 0.3) is 0 Å². The van der Waals surface area contributed by atoms with Crippen LogP contribution in [-0.4, -0.2) is 111 Å². The molecule has 0 N–H and O–H groups in total. The molecule has 12 heteroatoms. The Morgan fingerprint density at radius 3 is 1.11 bits per heavy atom. The maximum atomic E-state index is 10.8. The fourth-order valence-electron chi connectivity index (χ4n) is 2.95. The first kappa shape index (κ1) is 64.4. The topological polar surface area (TPSA) is 71.1 Å². The molecule has 0 saturated carbocycles. The molecule has 264 valence electrons. The SMILES string of the molecule is CCC(COC(=O)CC[S-])OC.CCC(COC(=O)CC[S-])OC.S.S.[CH2]CCCCCCC.[CH2]CCCCCCC.[Sn+2].[Sn]. The maximum Gasteiger partial charge on any atom is 2.00 e. The van der Waals surface area contributed by atoms with Gasteiger partial charge < -0.3 is 44.2 Å². The van der Waals surface area contributed by atoms with Crippen LogP contribution >= 0.6 is 27.0 Å². The van der Waals surface area contributed by atoms with Gasteiger partial charge in [-0.25, -0.2) is 0 Å². The second-order valence-electron chi connectivity index (χ2n) is 9.34. The zero-order chi connectivity index (χ0) is 31.3. The van der Waals surface area contributed by atoms with Crippen LogP contribution in [0.4, 0.5) is 0 Å². The molecule has 2 atom stereocenters. The smallest absolute Gasteiger partial charge is 0.792 e. The molecule has 0 fully saturated rings. The standard InChI is InChI=1S/2C8H16O3S.2C8H17.2H2S.2Sn/c2*1-3-7(10-2)6-11-8(9)4-5-12;2*1-3-5-7-8-6-4-2;;;;/h2*7,12H,3-6H2,1-2H3;2*1,3-8H2,2H3;2*1H2;;/q;;;;;;;+2/p-2. The van der Waals surface area contributed by atoms with Crippen molar-refractivity contribution in [1.82, 2.24) is 0 Å². The summed E-state index contributed by atoms with van der Waals surface area (Å²) in [6.45, 7) is 16.7. The normalized spacial score (nSPS) is 10.4. The predicted octanol–water partition coefficient (Wildman–Crippen LogP) is 7.61. The fraction of sp³-hybridized carbons (Fsp3) is 0.875. The second-order valence-corrected chi connectivity index (χ2v) is 10.2. The molecule has 0 aromatic heterocycles. The monoisotopic (exact) mass is 916 g/mol. The Labute approximate surface area is 333 Å². The maximum absolute atomic E-state index is 10.8.